The summed E-state index contributed by atoms with van der Waals surface area (Å²) in [5.74, 6) is 1.66. The lowest BCUT2D eigenvalue weighted by Crippen LogP contribution is -2.41. The summed E-state index contributed by atoms with van der Waals surface area (Å²) in [6.07, 6.45) is 6.04. The first kappa shape index (κ1) is 16.7. The number of piperidine rings is 1. The summed E-state index contributed by atoms with van der Waals surface area (Å²) in [7, 11) is 1.96. The van der Waals surface area contributed by atoms with Crippen molar-refractivity contribution in [3.05, 3.63) is 60.4 Å². The number of rotatable bonds is 5. The molecule has 1 aliphatic heterocycles. The van der Waals surface area contributed by atoms with Gasteiger partial charge in [-0.15, -0.1) is 10.2 Å². The lowest BCUT2D eigenvalue weighted by Gasteiger charge is -2.33. The van der Waals surface area contributed by atoms with Crippen LogP contribution in [0.4, 0.5) is 5.82 Å². The second-order valence-electron chi connectivity index (χ2n) is 6.87. The quantitative estimate of drug-likeness (QED) is 0.768. The third-order valence-electron chi connectivity index (χ3n) is 4.82. The SMILES string of the molecule is Cn1ccnc1-c1ccc(N[C@H]2CCCN(Cc3ccccc3)C2)nn1. The molecule has 1 aromatic carbocycles. The van der Waals surface area contributed by atoms with Crippen molar-refractivity contribution in [1.29, 1.82) is 0 Å². The first-order valence-corrected chi connectivity index (χ1v) is 9.12. The van der Waals surface area contributed by atoms with Gasteiger partial charge in [0.15, 0.2) is 5.82 Å². The molecule has 134 valence electrons. The highest BCUT2D eigenvalue weighted by Crippen LogP contribution is 2.18. The van der Waals surface area contributed by atoms with Crippen molar-refractivity contribution >= 4 is 5.82 Å². The fourth-order valence-electron chi connectivity index (χ4n) is 3.51. The van der Waals surface area contributed by atoms with Gasteiger partial charge in [-0.25, -0.2) is 4.98 Å². The second kappa shape index (κ2) is 7.66. The Hall–Kier alpha value is -2.73. The van der Waals surface area contributed by atoms with Crippen molar-refractivity contribution in [2.24, 2.45) is 7.05 Å². The van der Waals surface area contributed by atoms with Crippen LogP contribution in [0.15, 0.2) is 54.9 Å². The van der Waals surface area contributed by atoms with E-state index >= 15 is 0 Å². The largest absolute Gasteiger partial charge is 0.365 e. The molecule has 2 aromatic heterocycles. The monoisotopic (exact) mass is 348 g/mol. The molecule has 1 aliphatic rings. The number of aryl methyl sites for hydroxylation is 1. The van der Waals surface area contributed by atoms with E-state index in [2.05, 4.69) is 55.7 Å². The van der Waals surface area contributed by atoms with Gasteiger partial charge in [0.05, 0.1) is 0 Å². The maximum Gasteiger partial charge on any atom is 0.160 e. The zero-order chi connectivity index (χ0) is 17.8. The van der Waals surface area contributed by atoms with Crippen LogP contribution < -0.4 is 5.32 Å². The number of likely N-dealkylation sites (tertiary alicyclic amines) is 1. The lowest BCUT2D eigenvalue weighted by atomic mass is 10.0. The maximum atomic E-state index is 4.35. The molecule has 0 amide bonds. The van der Waals surface area contributed by atoms with Crippen molar-refractivity contribution in [3.63, 3.8) is 0 Å². The van der Waals surface area contributed by atoms with Gasteiger partial charge < -0.3 is 9.88 Å². The van der Waals surface area contributed by atoms with Gasteiger partial charge in [-0.05, 0) is 37.1 Å². The van der Waals surface area contributed by atoms with Crippen LogP contribution in [0.1, 0.15) is 18.4 Å². The molecular weight excluding hydrogens is 324 g/mol. The number of benzene rings is 1. The molecule has 3 heterocycles. The van der Waals surface area contributed by atoms with Crippen molar-refractivity contribution in [3.8, 4) is 11.5 Å². The fourth-order valence-corrected chi connectivity index (χ4v) is 3.51. The predicted molar refractivity (Wildman–Crippen MR) is 103 cm³/mol. The van der Waals surface area contributed by atoms with Crippen molar-refractivity contribution in [1.82, 2.24) is 24.6 Å². The van der Waals surface area contributed by atoms with Crippen LogP contribution in [-0.4, -0.2) is 43.8 Å². The molecule has 0 aliphatic carbocycles. The Kier molecular flexibility index (Phi) is 4.93. The van der Waals surface area contributed by atoms with Gasteiger partial charge in [-0.3, -0.25) is 4.90 Å². The van der Waals surface area contributed by atoms with E-state index in [0.717, 1.165) is 43.4 Å². The van der Waals surface area contributed by atoms with E-state index < -0.39 is 0 Å². The molecule has 6 heteroatoms. The molecule has 0 saturated carbocycles. The number of hydrogen-bond acceptors (Lipinski definition) is 5. The summed E-state index contributed by atoms with van der Waals surface area (Å²) >= 11 is 0. The molecule has 3 aromatic rings. The Balaban J connectivity index is 1.37. The molecule has 1 N–H and O–H groups in total. The summed E-state index contributed by atoms with van der Waals surface area (Å²) in [6, 6.07) is 15.0. The maximum absolute atomic E-state index is 4.35. The topological polar surface area (TPSA) is 58.9 Å². The third kappa shape index (κ3) is 3.91. The summed E-state index contributed by atoms with van der Waals surface area (Å²) in [4.78, 5) is 6.82. The fraction of sp³-hybridized carbons (Fsp3) is 0.350. The highest BCUT2D eigenvalue weighted by molar-refractivity contribution is 5.51. The highest BCUT2D eigenvalue weighted by atomic mass is 15.2. The summed E-state index contributed by atoms with van der Waals surface area (Å²) < 4.78 is 1.94. The average molecular weight is 348 g/mol. The smallest absolute Gasteiger partial charge is 0.160 e. The highest BCUT2D eigenvalue weighted by Gasteiger charge is 2.20. The van der Waals surface area contributed by atoms with Crippen molar-refractivity contribution in [2.45, 2.75) is 25.4 Å². The van der Waals surface area contributed by atoms with Crippen LogP contribution in [-0.2, 0) is 13.6 Å². The molecule has 4 rings (SSSR count). The predicted octanol–water partition coefficient (Wildman–Crippen LogP) is 2.95. The molecule has 1 fully saturated rings. The molecule has 6 nitrogen and oxygen atoms in total. The van der Waals surface area contributed by atoms with Gasteiger partial charge in [0, 0.05) is 38.6 Å². The Morgan fingerprint density at radius 2 is 2.00 bits per heavy atom. The Morgan fingerprint density at radius 3 is 2.73 bits per heavy atom. The Labute approximate surface area is 153 Å². The van der Waals surface area contributed by atoms with Gasteiger partial charge >= 0.3 is 0 Å². The molecule has 0 bridgehead atoms. The van der Waals surface area contributed by atoms with Crippen LogP contribution in [0.25, 0.3) is 11.5 Å². The molecule has 1 atom stereocenters. The summed E-state index contributed by atoms with van der Waals surface area (Å²) in [5, 5.41) is 12.2. The van der Waals surface area contributed by atoms with E-state index in [9.17, 15) is 0 Å². The zero-order valence-electron chi connectivity index (χ0n) is 15.0. The minimum Gasteiger partial charge on any atom is -0.365 e. The van der Waals surface area contributed by atoms with Gasteiger partial charge in [0.1, 0.15) is 11.5 Å². The molecule has 26 heavy (non-hydrogen) atoms. The van der Waals surface area contributed by atoms with Crippen LogP contribution >= 0.6 is 0 Å². The summed E-state index contributed by atoms with van der Waals surface area (Å²) in [5.41, 5.74) is 2.16. The van der Waals surface area contributed by atoms with Gasteiger partial charge in [0.2, 0.25) is 0 Å². The van der Waals surface area contributed by atoms with E-state index in [-0.39, 0.29) is 0 Å². The standard InChI is InChI=1S/C20H24N6/c1-25-13-11-21-20(25)18-9-10-19(24-23-18)22-17-8-5-12-26(15-17)14-16-6-3-2-4-7-16/h2-4,6-7,9-11,13,17H,5,8,12,14-15H2,1H3,(H,22,24)/t17-/m0/s1. The number of imidazole rings is 1. The molecular formula is C20H24N6. The Morgan fingerprint density at radius 1 is 1.12 bits per heavy atom. The van der Waals surface area contributed by atoms with E-state index in [1.54, 1.807) is 6.20 Å². The minimum atomic E-state index is 0.403. The molecule has 0 spiro atoms. The van der Waals surface area contributed by atoms with Crippen LogP contribution in [0.3, 0.4) is 0 Å². The van der Waals surface area contributed by atoms with Gasteiger partial charge in [-0.2, -0.15) is 0 Å². The van der Waals surface area contributed by atoms with Crippen LogP contribution in [0.2, 0.25) is 0 Å². The minimum absolute atomic E-state index is 0.403. The van der Waals surface area contributed by atoms with Crippen molar-refractivity contribution in [2.75, 3.05) is 18.4 Å². The van der Waals surface area contributed by atoms with E-state index in [1.165, 1.54) is 12.0 Å². The number of anilines is 1. The number of hydrogen-bond donors (Lipinski definition) is 1. The van der Waals surface area contributed by atoms with E-state index in [1.807, 2.05) is 29.9 Å². The molecule has 0 unspecified atom stereocenters. The van der Waals surface area contributed by atoms with Crippen molar-refractivity contribution < 1.29 is 0 Å². The normalized spacial score (nSPS) is 18.0. The Bertz CT molecular complexity index is 827. The molecule has 0 radical (unpaired) electrons. The van der Waals surface area contributed by atoms with E-state index in [0.29, 0.717) is 6.04 Å². The van der Waals surface area contributed by atoms with E-state index in [4.69, 9.17) is 0 Å². The first-order chi connectivity index (χ1) is 12.8. The molecule has 1 saturated heterocycles. The third-order valence-corrected chi connectivity index (χ3v) is 4.82. The van der Waals surface area contributed by atoms with Crippen LogP contribution in [0.5, 0.6) is 0 Å². The number of nitrogens with zero attached hydrogens (tertiary/aromatic N) is 5. The number of aromatic nitrogens is 4. The summed E-state index contributed by atoms with van der Waals surface area (Å²) in [6.45, 7) is 3.18. The zero-order valence-corrected chi connectivity index (χ0v) is 15.0. The van der Waals surface area contributed by atoms with Crippen LogP contribution in [0, 0.1) is 0 Å². The van der Waals surface area contributed by atoms with Gasteiger partial charge in [0.25, 0.3) is 0 Å². The lowest BCUT2D eigenvalue weighted by molar-refractivity contribution is 0.208. The number of nitrogens with one attached hydrogen (secondary N) is 1. The first-order valence-electron chi connectivity index (χ1n) is 9.12. The average Bonchev–Trinajstić information content (AvgIpc) is 3.10. The van der Waals surface area contributed by atoms with Gasteiger partial charge in [-0.1, -0.05) is 30.3 Å². The second-order valence-corrected chi connectivity index (χ2v) is 6.87.